The average Bonchev–Trinajstić information content (AvgIpc) is 2.90. The third-order valence-corrected chi connectivity index (χ3v) is 7.00. The van der Waals surface area contributed by atoms with Crippen LogP contribution >= 0.6 is 34.8 Å². The van der Waals surface area contributed by atoms with E-state index in [2.05, 4.69) is 16.1 Å². The molecule has 0 aromatic heterocycles. The fraction of sp³-hybridized carbons (Fsp3) is 0.167. The number of nitrogens with one attached hydrogen (secondary N) is 1. The van der Waals surface area contributed by atoms with Gasteiger partial charge in [0.1, 0.15) is 0 Å². The number of piperazine rings is 1. The van der Waals surface area contributed by atoms with Crippen molar-refractivity contribution in [2.75, 3.05) is 29.9 Å². The van der Waals surface area contributed by atoms with E-state index in [-0.39, 0.29) is 12.1 Å². The molecule has 2 amide bonds. The van der Waals surface area contributed by atoms with E-state index in [0.29, 0.717) is 46.0 Å². The molecule has 1 N–H and O–H groups in total. The maximum Gasteiger partial charge on any atom is 0.322 e. The van der Waals surface area contributed by atoms with E-state index in [9.17, 15) is 4.79 Å². The predicted molar refractivity (Wildman–Crippen MR) is 157 cm³/mol. The molecule has 3 aromatic carbocycles. The number of benzene rings is 3. The van der Waals surface area contributed by atoms with Gasteiger partial charge in [-0.1, -0.05) is 83.2 Å². The quantitative estimate of drug-likeness (QED) is 0.256. The minimum Gasteiger partial charge on any atom is -0.360 e. The smallest absolute Gasteiger partial charge is 0.322 e. The zero-order valence-corrected chi connectivity index (χ0v) is 22.6. The Bertz CT molecular complexity index is 1380. The zero-order chi connectivity index (χ0) is 26.4. The van der Waals surface area contributed by atoms with Gasteiger partial charge in [0, 0.05) is 40.8 Å². The largest absolute Gasteiger partial charge is 0.360 e. The fourth-order valence-corrected chi connectivity index (χ4v) is 5.01. The highest BCUT2D eigenvalue weighted by Crippen LogP contribution is 2.37. The first-order chi connectivity index (χ1) is 17.9. The van der Waals surface area contributed by atoms with Crippen molar-refractivity contribution in [3.63, 3.8) is 0 Å². The number of allylic oxidation sites excluding steroid dienone is 4. The van der Waals surface area contributed by atoms with E-state index in [1.807, 2.05) is 90.7 Å². The van der Waals surface area contributed by atoms with Crippen LogP contribution in [-0.4, -0.2) is 30.6 Å². The van der Waals surface area contributed by atoms with E-state index >= 15 is 0 Å². The van der Waals surface area contributed by atoms with Gasteiger partial charge in [0.2, 0.25) is 0 Å². The lowest BCUT2D eigenvalue weighted by Gasteiger charge is -2.43. The molecule has 188 valence electrons. The van der Waals surface area contributed by atoms with Crippen LogP contribution in [-0.2, 0) is 0 Å². The van der Waals surface area contributed by atoms with Crippen LogP contribution in [0.2, 0.25) is 15.1 Å². The SMILES string of the molecule is C#C/C(=C\C=C/C)c1ccccc1NC(=O)N1CCN(c2ccc(Cl)cc2Cl)C(c2ccc(Cl)cc2)C1. The van der Waals surface area contributed by atoms with Crippen molar-refractivity contribution in [3.05, 3.63) is 111 Å². The Balaban J connectivity index is 1.61. The number of halogens is 3. The maximum absolute atomic E-state index is 13.5. The lowest BCUT2D eigenvalue weighted by Crippen LogP contribution is -2.52. The summed E-state index contributed by atoms with van der Waals surface area (Å²) in [5, 5.41) is 4.86. The van der Waals surface area contributed by atoms with Crippen molar-refractivity contribution >= 4 is 57.8 Å². The molecular formula is C30H26Cl3N3O. The van der Waals surface area contributed by atoms with Gasteiger partial charge < -0.3 is 15.1 Å². The van der Waals surface area contributed by atoms with Crippen LogP contribution < -0.4 is 10.2 Å². The lowest BCUT2D eigenvalue weighted by atomic mass is 10.0. The van der Waals surface area contributed by atoms with E-state index in [1.165, 1.54) is 0 Å². The number of para-hydroxylation sites is 1. The molecule has 1 saturated heterocycles. The van der Waals surface area contributed by atoms with Crippen molar-refractivity contribution in [1.82, 2.24) is 4.90 Å². The Labute approximate surface area is 233 Å². The number of rotatable bonds is 5. The summed E-state index contributed by atoms with van der Waals surface area (Å²) < 4.78 is 0. The number of amides is 2. The third-order valence-electron chi connectivity index (χ3n) is 6.21. The van der Waals surface area contributed by atoms with E-state index in [4.69, 9.17) is 41.2 Å². The molecule has 0 radical (unpaired) electrons. The van der Waals surface area contributed by atoms with Crippen LogP contribution in [0.1, 0.15) is 24.1 Å². The summed E-state index contributed by atoms with van der Waals surface area (Å²) in [4.78, 5) is 17.5. The highest BCUT2D eigenvalue weighted by molar-refractivity contribution is 6.36. The first-order valence-electron chi connectivity index (χ1n) is 11.8. The minimum absolute atomic E-state index is 0.137. The van der Waals surface area contributed by atoms with Crippen LogP contribution in [0, 0.1) is 12.3 Å². The summed E-state index contributed by atoms with van der Waals surface area (Å²) in [5.41, 5.74) is 4.03. The molecule has 0 bridgehead atoms. The molecule has 0 spiro atoms. The Morgan fingerprint density at radius 3 is 2.46 bits per heavy atom. The number of terminal acetylenes is 1. The van der Waals surface area contributed by atoms with Crippen molar-refractivity contribution in [2.45, 2.75) is 13.0 Å². The summed E-state index contributed by atoms with van der Waals surface area (Å²) in [6, 6.07) is 20.3. The van der Waals surface area contributed by atoms with Gasteiger partial charge in [0.05, 0.1) is 22.4 Å². The normalized spacial score (nSPS) is 16.1. The topological polar surface area (TPSA) is 35.6 Å². The standard InChI is InChI=1S/C30H26Cl3N3O/c1-3-5-8-21(4-2)25-9-6-7-10-27(25)34-30(37)35-17-18-36(28-16-15-24(32)19-26(28)33)29(20-35)22-11-13-23(31)14-12-22/h2-3,5-16,19,29H,17-18,20H2,1H3,(H,34,37)/b5-3-,21-8+. The zero-order valence-electron chi connectivity index (χ0n) is 20.3. The molecule has 0 saturated carbocycles. The first kappa shape index (κ1) is 26.7. The maximum atomic E-state index is 13.5. The number of urea groups is 1. The number of hydrogen-bond donors (Lipinski definition) is 1. The number of anilines is 2. The molecule has 4 nitrogen and oxygen atoms in total. The van der Waals surface area contributed by atoms with Gasteiger partial charge in [-0.05, 0) is 55.0 Å². The van der Waals surface area contributed by atoms with Crippen molar-refractivity contribution in [3.8, 4) is 12.3 Å². The Morgan fingerprint density at radius 2 is 1.76 bits per heavy atom. The van der Waals surface area contributed by atoms with Gasteiger partial charge in [-0.2, -0.15) is 0 Å². The van der Waals surface area contributed by atoms with Crippen molar-refractivity contribution < 1.29 is 4.79 Å². The monoisotopic (exact) mass is 549 g/mol. The average molecular weight is 551 g/mol. The molecular weight excluding hydrogens is 525 g/mol. The summed E-state index contributed by atoms with van der Waals surface area (Å²) in [5.74, 6) is 2.72. The molecule has 1 fully saturated rings. The van der Waals surface area contributed by atoms with E-state index in [0.717, 1.165) is 16.8 Å². The number of hydrogen-bond acceptors (Lipinski definition) is 2. The summed E-state index contributed by atoms with van der Waals surface area (Å²) in [7, 11) is 0. The van der Waals surface area contributed by atoms with Crippen molar-refractivity contribution in [1.29, 1.82) is 0 Å². The second-order valence-corrected chi connectivity index (χ2v) is 9.81. The molecule has 0 aliphatic carbocycles. The molecule has 37 heavy (non-hydrogen) atoms. The molecule has 3 aromatic rings. The molecule has 1 aliphatic heterocycles. The molecule has 1 heterocycles. The van der Waals surface area contributed by atoms with E-state index in [1.54, 1.807) is 6.07 Å². The van der Waals surface area contributed by atoms with Crippen LogP contribution in [0.4, 0.5) is 16.2 Å². The fourth-order valence-electron chi connectivity index (χ4n) is 4.37. The lowest BCUT2D eigenvalue weighted by molar-refractivity contribution is 0.198. The Hall–Kier alpha value is -3.36. The van der Waals surface area contributed by atoms with E-state index < -0.39 is 0 Å². The predicted octanol–water partition coefficient (Wildman–Crippen LogP) is 8.33. The number of carbonyl (C=O) groups excluding carboxylic acids is 1. The second-order valence-electron chi connectivity index (χ2n) is 8.53. The minimum atomic E-state index is -0.198. The van der Waals surface area contributed by atoms with Gasteiger partial charge in [0.25, 0.3) is 0 Å². The van der Waals surface area contributed by atoms with Crippen LogP contribution in [0.15, 0.2) is 85.0 Å². The van der Waals surface area contributed by atoms with Gasteiger partial charge in [-0.3, -0.25) is 0 Å². The summed E-state index contributed by atoms with van der Waals surface area (Å²) in [6.07, 6.45) is 11.4. The van der Waals surface area contributed by atoms with Gasteiger partial charge in [-0.15, -0.1) is 6.42 Å². The highest BCUT2D eigenvalue weighted by Gasteiger charge is 2.32. The second kappa shape index (κ2) is 12.3. The number of carbonyl (C=O) groups is 1. The Morgan fingerprint density at radius 1 is 1.03 bits per heavy atom. The van der Waals surface area contributed by atoms with Crippen LogP contribution in [0.25, 0.3) is 5.57 Å². The highest BCUT2D eigenvalue weighted by atomic mass is 35.5. The summed E-state index contributed by atoms with van der Waals surface area (Å²) in [6.45, 7) is 3.46. The van der Waals surface area contributed by atoms with Crippen molar-refractivity contribution in [2.24, 2.45) is 0 Å². The van der Waals surface area contributed by atoms with Gasteiger partial charge in [0.15, 0.2) is 0 Å². The van der Waals surface area contributed by atoms with Gasteiger partial charge >= 0.3 is 6.03 Å². The molecule has 1 atom stereocenters. The van der Waals surface area contributed by atoms with Crippen LogP contribution in [0.3, 0.4) is 0 Å². The third kappa shape index (κ3) is 6.32. The molecule has 7 heteroatoms. The molecule has 1 aliphatic rings. The Kier molecular flexibility index (Phi) is 8.84. The first-order valence-corrected chi connectivity index (χ1v) is 13.0. The van der Waals surface area contributed by atoms with Crippen LogP contribution in [0.5, 0.6) is 0 Å². The molecule has 1 unspecified atom stereocenters. The summed E-state index contributed by atoms with van der Waals surface area (Å²) >= 11 is 18.9. The number of nitrogens with zero attached hydrogens (tertiary/aromatic N) is 2. The van der Waals surface area contributed by atoms with Gasteiger partial charge in [-0.25, -0.2) is 4.79 Å². The molecule has 4 rings (SSSR count).